The van der Waals surface area contributed by atoms with Crippen molar-refractivity contribution < 1.29 is 24.3 Å². The van der Waals surface area contributed by atoms with Gasteiger partial charge in [0.15, 0.2) is 0 Å². The number of carboxylic acids is 1. The third kappa shape index (κ3) is 7.64. The minimum atomic E-state index is -1.16. The lowest BCUT2D eigenvalue weighted by atomic mass is 10.1. The van der Waals surface area contributed by atoms with Crippen LogP contribution < -0.4 is 21.3 Å². The minimum absolute atomic E-state index is 0.218. The Morgan fingerprint density at radius 2 is 2.00 bits per heavy atom. The molecule has 0 aromatic carbocycles. The molecule has 0 bridgehead atoms. The zero-order valence-corrected chi connectivity index (χ0v) is 14.4. The van der Waals surface area contributed by atoms with Crippen molar-refractivity contribution >= 4 is 35.5 Å². The highest BCUT2D eigenvalue weighted by atomic mass is 32.2. The van der Waals surface area contributed by atoms with Gasteiger partial charge < -0.3 is 26.4 Å². The Morgan fingerprint density at radius 3 is 2.58 bits per heavy atom. The van der Waals surface area contributed by atoms with Crippen molar-refractivity contribution in [2.45, 2.75) is 31.3 Å². The molecule has 0 radical (unpaired) electrons. The summed E-state index contributed by atoms with van der Waals surface area (Å²) < 4.78 is 0. The van der Waals surface area contributed by atoms with E-state index >= 15 is 0 Å². The molecule has 1 aliphatic heterocycles. The molecule has 2 unspecified atom stereocenters. The highest BCUT2D eigenvalue weighted by Crippen LogP contribution is 2.07. The highest BCUT2D eigenvalue weighted by molar-refractivity contribution is 7.98. The van der Waals surface area contributed by atoms with E-state index in [4.69, 9.17) is 5.11 Å². The molecule has 0 aromatic heterocycles. The number of hydrogen-bond acceptors (Lipinski definition) is 6. The zero-order valence-electron chi connectivity index (χ0n) is 13.6. The Labute approximate surface area is 144 Å². The van der Waals surface area contributed by atoms with Crippen molar-refractivity contribution in [2.24, 2.45) is 0 Å². The smallest absolute Gasteiger partial charge is 0.322 e. The molecule has 1 fully saturated rings. The van der Waals surface area contributed by atoms with Crippen molar-refractivity contribution in [3.63, 3.8) is 0 Å². The van der Waals surface area contributed by atoms with Gasteiger partial charge in [0.1, 0.15) is 12.6 Å². The van der Waals surface area contributed by atoms with Gasteiger partial charge in [-0.1, -0.05) is 0 Å². The summed E-state index contributed by atoms with van der Waals surface area (Å²) >= 11 is 1.55. The van der Waals surface area contributed by atoms with Crippen LogP contribution in [0.3, 0.4) is 0 Å². The van der Waals surface area contributed by atoms with Crippen LogP contribution in [-0.2, 0) is 19.2 Å². The summed E-state index contributed by atoms with van der Waals surface area (Å²) in [5.41, 5.74) is 0. The van der Waals surface area contributed by atoms with Gasteiger partial charge in [0, 0.05) is 0 Å². The second-order valence-corrected chi connectivity index (χ2v) is 6.37. The van der Waals surface area contributed by atoms with E-state index < -0.39 is 30.4 Å². The number of carbonyl (C=O) groups is 4. The van der Waals surface area contributed by atoms with Crippen LogP contribution in [0.4, 0.5) is 0 Å². The Balaban J connectivity index is 2.46. The topological polar surface area (TPSA) is 137 Å². The summed E-state index contributed by atoms with van der Waals surface area (Å²) in [5.74, 6) is -1.76. The first-order chi connectivity index (χ1) is 11.4. The molecule has 2 atom stereocenters. The van der Waals surface area contributed by atoms with E-state index in [1.807, 2.05) is 6.26 Å². The molecule has 0 saturated carbocycles. The molecule has 10 heteroatoms. The largest absolute Gasteiger partial charge is 0.480 e. The molecular formula is C14H24N4O5S. The van der Waals surface area contributed by atoms with Gasteiger partial charge in [-0.25, -0.2) is 0 Å². The van der Waals surface area contributed by atoms with Gasteiger partial charge in [-0.15, -0.1) is 0 Å². The molecule has 3 amide bonds. The second kappa shape index (κ2) is 10.9. The second-order valence-electron chi connectivity index (χ2n) is 5.38. The Kier molecular flexibility index (Phi) is 9.16. The van der Waals surface area contributed by atoms with E-state index in [0.29, 0.717) is 12.2 Å². The molecule has 1 heterocycles. The van der Waals surface area contributed by atoms with E-state index in [1.54, 1.807) is 11.8 Å². The average Bonchev–Trinajstić information content (AvgIpc) is 3.08. The minimum Gasteiger partial charge on any atom is -0.480 e. The molecule has 0 spiro atoms. The highest BCUT2D eigenvalue weighted by Gasteiger charge is 2.27. The lowest BCUT2D eigenvalue weighted by Crippen LogP contribution is -2.53. The monoisotopic (exact) mass is 360 g/mol. The van der Waals surface area contributed by atoms with E-state index in [0.717, 1.165) is 19.4 Å². The van der Waals surface area contributed by atoms with Crippen LogP contribution in [0.15, 0.2) is 0 Å². The summed E-state index contributed by atoms with van der Waals surface area (Å²) in [7, 11) is 0. The number of nitrogens with one attached hydrogen (secondary N) is 4. The van der Waals surface area contributed by atoms with Gasteiger partial charge in [-0.05, 0) is 37.8 Å². The van der Waals surface area contributed by atoms with Crippen molar-refractivity contribution in [3.05, 3.63) is 0 Å². The summed E-state index contributed by atoms with van der Waals surface area (Å²) in [6.07, 6.45) is 4.00. The number of hydrogen-bond donors (Lipinski definition) is 5. The summed E-state index contributed by atoms with van der Waals surface area (Å²) in [4.78, 5) is 46.1. The van der Waals surface area contributed by atoms with E-state index in [-0.39, 0.29) is 18.5 Å². The summed E-state index contributed by atoms with van der Waals surface area (Å²) in [6.45, 7) is -0.0579. The number of carbonyl (C=O) groups excluding carboxylic acids is 3. The van der Waals surface area contributed by atoms with Crippen LogP contribution >= 0.6 is 11.8 Å². The van der Waals surface area contributed by atoms with Crippen molar-refractivity contribution in [1.29, 1.82) is 0 Å². The van der Waals surface area contributed by atoms with E-state index in [9.17, 15) is 19.2 Å². The fourth-order valence-electron chi connectivity index (χ4n) is 2.21. The summed E-state index contributed by atoms with van der Waals surface area (Å²) in [5, 5.41) is 18.8. The van der Waals surface area contributed by atoms with Crippen molar-refractivity contribution in [2.75, 3.05) is 31.6 Å². The molecule has 9 nitrogen and oxygen atoms in total. The molecule has 1 saturated heterocycles. The first-order valence-corrected chi connectivity index (χ1v) is 9.12. The van der Waals surface area contributed by atoms with Crippen molar-refractivity contribution in [1.82, 2.24) is 21.3 Å². The molecule has 0 aromatic rings. The summed E-state index contributed by atoms with van der Waals surface area (Å²) in [6, 6.07) is -1.01. The third-order valence-electron chi connectivity index (χ3n) is 3.48. The normalized spacial score (nSPS) is 17.8. The molecule has 5 N–H and O–H groups in total. The number of rotatable bonds is 10. The van der Waals surface area contributed by atoms with Crippen molar-refractivity contribution in [3.8, 4) is 0 Å². The van der Waals surface area contributed by atoms with E-state index in [2.05, 4.69) is 21.3 Å². The van der Waals surface area contributed by atoms with Gasteiger partial charge in [0.25, 0.3) is 0 Å². The van der Waals surface area contributed by atoms with Crippen LogP contribution in [0.5, 0.6) is 0 Å². The lowest BCUT2D eigenvalue weighted by molar-refractivity contribution is -0.138. The van der Waals surface area contributed by atoms with Gasteiger partial charge >= 0.3 is 5.97 Å². The predicted molar refractivity (Wildman–Crippen MR) is 89.6 cm³/mol. The number of amides is 3. The molecule has 136 valence electrons. The molecule has 24 heavy (non-hydrogen) atoms. The zero-order chi connectivity index (χ0) is 17.9. The standard InChI is InChI=1S/C14H24N4O5S/c1-24-6-4-10(18-14(23)9-3-2-5-15-9)13(22)17-7-11(19)16-8-12(20)21/h9-10,15H,2-8H2,1H3,(H,16,19)(H,17,22)(H,18,23)(H,20,21). The van der Waals surface area contributed by atoms with E-state index in [1.165, 1.54) is 0 Å². The SMILES string of the molecule is CSCCC(NC(=O)C1CCCN1)C(=O)NCC(=O)NCC(=O)O. The van der Waals surface area contributed by atoms with Gasteiger partial charge in [-0.2, -0.15) is 11.8 Å². The number of carboxylic acid groups (broad SMARTS) is 1. The Morgan fingerprint density at radius 1 is 1.25 bits per heavy atom. The fraction of sp³-hybridized carbons (Fsp3) is 0.714. The lowest BCUT2D eigenvalue weighted by Gasteiger charge is -2.20. The third-order valence-corrected chi connectivity index (χ3v) is 4.12. The van der Waals surface area contributed by atoms with Gasteiger partial charge in [-0.3, -0.25) is 19.2 Å². The van der Waals surface area contributed by atoms with Gasteiger partial charge in [0.2, 0.25) is 17.7 Å². The Hall–Kier alpha value is -1.81. The molecule has 0 aliphatic carbocycles. The maximum absolute atomic E-state index is 12.2. The number of thioether (sulfide) groups is 1. The molecule has 1 aliphatic rings. The maximum Gasteiger partial charge on any atom is 0.322 e. The fourth-order valence-corrected chi connectivity index (χ4v) is 2.68. The maximum atomic E-state index is 12.2. The first kappa shape index (κ1) is 20.2. The average molecular weight is 360 g/mol. The van der Waals surface area contributed by atoms with Crippen LogP contribution in [0.1, 0.15) is 19.3 Å². The molecular weight excluding hydrogens is 336 g/mol. The van der Waals surface area contributed by atoms with Crippen LogP contribution in [-0.4, -0.2) is 72.5 Å². The Bertz CT molecular complexity index is 468. The first-order valence-electron chi connectivity index (χ1n) is 7.73. The van der Waals surface area contributed by atoms with Crippen LogP contribution in [0, 0.1) is 0 Å². The van der Waals surface area contributed by atoms with Crippen LogP contribution in [0.2, 0.25) is 0 Å². The van der Waals surface area contributed by atoms with Gasteiger partial charge in [0.05, 0.1) is 12.6 Å². The number of aliphatic carboxylic acids is 1. The predicted octanol–water partition coefficient (Wildman–Crippen LogP) is -1.71. The quantitative estimate of drug-likeness (QED) is 0.313. The van der Waals surface area contributed by atoms with Crippen LogP contribution in [0.25, 0.3) is 0 Å². The molecule has 1 rings (SSSR count).